The molecule has 1 aromatic heterocycles. The van der Waals surface area contributed by atoms with Gasteiger partial charge in [-0.1, -0.05) is 11.8 Å². The van der Waals surface area contributed by atoms with E-state index >= 15 is 0 Å². The summed E-state index contributed by atoms with van der Waals surface area (Å²) in [5.74, 6) is 0. The second-order valence-electron chi connectivity index (χ2n) is 4.76. The van der Waals surface area contributed by atoms with E-state index in [4.69, 9.17) is 10.5 Å². The number of nitrogens with zero attached hydrogens (tertiary/aromatic N) is 1. The van der Waals surface area contributed by atoms with Crippen molar-refractivity contribution in [3.05, 3.63) is 18.2 Å². The van der Waals surface area contributed by atoms with Gasteiger partial charge in [-0.25, -0.2) is 18.1 Å². The van der Waals surface area contributed by atoms with Crippen LogP contribution in [0.1, 0.15) is 6.42 Å². The van der Waals surface area contributed by atoms with Gasteiger partial charge in [0, 0.05) is 18.3 Å². The summed E-state index contributed by atoms with van der Waals surface area (Å²) < 4.78 is 33.5. The lowest BCUT2D eigenvalue weighted by Gasteiger charge is -2.10. The minimum absolute atomic E-state index is 0.0429. The number of fused-ring (bicyclic) bond motifs is 1. The Balaban J connectivity index is 1.65. The number of hydrogen-bond acceptors (Lipinski definition) is 7. The van der Waals surface area contributed by atoms with Crippen LogP contribution in [0.15, 0.2) is 22.5 Å². The molecule has 0 bridgehead atoms. The summed E-state index contributed by atoms with van der Waals surface area (Å²) in [6.07, 6.45) is 0.726. The van der Waals surface area contributed by atoms with Gasteiger partial charge in [-0.05, 0) is 24.6 Å². The van der Waals surface area contributed by atoms with Crippen LogP contribution in [0.2, 0.25) is 0 Å². The lowest BCUT2D eigenvalue weighted by atomic mass is 10.3. The molecule has 2 heterocycles. The fraction of sp³-hybridized carbons (Fsp3) is 0.417. The Bertz CT molecular complexity index is 739. The van der Waals surface area contributed by atoms with Crippen LogP contribution in [-0.2, 0) is 14.8 Å². The van der Waals surface area contributed by atoms with Crippen molar-refractivity contribution in [2.24, 2.45) is 0 Å². The monoisotopic (exact) mass is 345 g/mol. The molecular weight excluding hydrogens is 330 g/mol. The fourth-order valence-corrected chi connectivity index (χ4v) is 5.86. The molecule has 1 aliphatic rings. The quantitative estimate of drug-likeness (QED) is 0.632. The molecule has 1 fully saturated rings. The first-order chi connectivity index (χ1) is 10.0. The molecule has 0 aliphatic carbocycles. The molecule has 0 amide bonds. The van der Waals surface area contributed by atoms with Gasteiger partial charge in [-0.15, -0.1) is 11.3 Å². The number of anilines is 1. The molecule has 2 aromatic rings. The standard InChI is InChI=1S/C12H15N3O3S3/c13-8-1-2-10-11(5-8)20-12(14-10)19-7-21(16,17)15-9-3-4-18-6-9/h1-2,5,9,15H,3-4,6-7,13H2. The first kappa shape index (κ1) is 15.0. The Morgan fingerprint density at radius 2 is 2.38 bits per heavy atom. The van der Waals surface area contributed by atoms with Crippen molar-refractivity contribution in [2.45, 2.75) is 16.8 Å². The van der Waals surface area contributed by atoms with E-state index in [1.807, 2.05) is 12.1 Å². The molecule has 21 heavy (non-hydrogen) atoms. The third-order valence-electron chi connectivity index (χ3n) is 3.01. The SMILES string of the molecule is Nc1ccc2nc(SCS(=O)(=O)NC3CCOC3)sc2c1. The van der Waals surface area contributed by atoms with Gasteiger partial charge < -0.3 is 10.5 Å². The maximum atomic E-state index is 12.0. The molecule has 3 N–H and O–H groups in total. The maximum Gasteiger partial charge on any atom is 0.221 e. The Kier molecular flexibility index (Phi) is 4.36. The maximum absolute atomic E-state index is 12.0. The number of nitrogen functional groups attached to an aromatic ring is 1. The van der Waals surface area contributed by atoms with Crippen molar-refractivity contribution < 1.29 is 13.2 Å². The Morgan fingerprint density at radius 1 is 1.52 bits per heavy atom. The topological polar surface area (TPSA) is 94.3 Å². The number of sulfonamides is 1. The first-order valence-corrected chi connectivity index (χ1v) is 9.84. The predicted octanol–water partition coefficient (Wildman–Crippen LogP) is 1.64. The largest absolute Gasteiger partial charge is 0.399 e. The number of nitrogens with one attached hydrogen (secondary N) is 1. The average Bonchev–Trinajstić information content (AvgIpc) is 3.04. The summed E-state index contributed by atoms with van der Waals surface area (Å²) >= 11 is 2.67. The minimum atomic E-state index is -3.33. The van der Waals surface area contributed by atoms with Crippen molar-refractivity contribution in [2.75, 3.05) is 24.0 Å². The third kappa shape index (κ3) is 3.86. The van der Waals surface area contributed by atoms with E-state index in [9.17, 15) is 8.42 Å². The van der Waals surface area contributed by atoms with Gasteiger partial charge in [-0.3, -0.25) is 0 Å². The van der Waals surface area contributed by atoms with Crippen molar-refractivity contribution >= 4 is 49.0 Å². The average molecular weight is 345 g/mol. The number of benzene rings is 1. The highest BCUT2D eigenvalue weighted by Crippen LogP contribution is 2.31. The molecule has 1 atom stereocenters. The normalized spacial score (nSPS) is 19.3. The van der Waals surface area contributed by atoms with E-state index in [1.165, 1.54) is 23.1 Å². The van der Waals surface area contributed by atoms with Crippen LogP contribution in [0.5, 0.6) is 0 Å². The lowest BCUT2D eigenvalue weighted by Crippen LogP contribution is -2.35. The Labute approximate surface area is 131 Å². The molecule has 1 unspecified atom stereocenters. The predicted molar refractivity (Wildman–Crippen MR) is 86.0 cm³/mol. The lowest BCUT2D eigenvalue weighted by molar-refractivity contribution is 0.192. The van der Waals surface area contributed by atoms with E-state index in [0.29, 0.717) is 18.9 Å². The van der Waals surface area contributed by atoms with Crippen LogP contribution in [0.3, 0.4) is 0 Å². The van der Waals surface area contributed by atoms with E-state index in [0.717, 1.165) is 21.0 Å². The summed E-state index contributed by atoms with van der Waals surface area (Å²) in [6.45, 7) is 1.06. The minimum Gasteiger partial charge on any atom is -0.399 e. The van der Waals surface area contributed by atoms with Crippen LogP contribution in [0, 0.1) is 0 Å². The molecule has 1 aliphatic heterocycles. The van der Waals surface area contributed by atoms with Gasteiger partial charge in [-0.2, -0.15) is 0 Å². The van der Waals surface area contributed by atoms with Gasteiger partial charge >= 0.3 is 0 Å². The van der Waals surface area contributed by atoms with E-state index in [2.05, 4.69) is 9.71 Å². The highest BCUT2D eigenvalue weighted by atomic mass is 32.3. The zero-order valence-corrected chi connectivity index (χ0v) is 13.6. The number of rotatable bonds is 5. The second kappa shape index (κ2) is 6.09. The molecule has 0 spiro atoms. The summed E-state index contributed by atoms with van der Waals surface area (Å²) in [5.41, 5.74) is 7.24. The Morgan fingerprint density at radius 3 is 3.14 bits per heavy atom. The molecule has 1 aromatic carbocycles. The number of thiazole rings is 1. The van der Waals surface area contributed by atoms with E-state index in [1.54, 1.807) is 6.07 Å². The van der Waals surface area contributed by atoms with Crippen LogP contribution in [0.25, 0.3) is 10.2 Å². The fourth-order valence-electron chi connectivity index (χ4n) is 2.03. The summed E-state index contributed by atoms with van der Waals surface area (Å²) in [4.78, 5) is 4.40. The summed E-state index contributed by atoms with van der Waals surface area (Å²) in [7, 11) is -3.33. The van der Waals surface area contributed by atoms with Gasteiger partial charge in [0.05, 0.1) is 16.8 Å². The number of nitrogens with two attached hydrogens (primary N) is 1. The van der Waals surface area contributed by atoms with E-state index < -0.39 is 10.0 Å². The van der Waals surface area contributed by atoms with Gasteiger partial charge in [0.15, 0.2) is 4.34 Å². The highest BCUT2D eigenvalue weighted by Gasteiger charge is 2.22. The zero-order chi connectivity index (χ0) is 14.9. The van der Waals surface area contributed by atoms with Gasteiger partial charge in [0.25, 0.3) is 0 Å². The zero-order valence-electron chi connectivity index (χ0n) is 11.1. The third-order valence-corrected chi connectivity index (χ3v) is 7.17. The molecule has 1 saturated heterocycles. The Hall–Kier alpha value is -0.870. The van der Waals surface area contributed by atoms with Crippen molar-refractivity contribution in [3.63, 3.8) is 0 Å². The summed E-state index contributed by atoms with van der Waals surface area (Å²) in [5, 5.41) is -0.0429. The summed E-state index contributed by atoms with van der Waals surface area (Å²) in [6, 6.07) is 5.37. The number of ether oxygens (including phenoxy) is 1. The number of aromatic nitrogens is 1. The van der Waals surface area contributed by atoms with E-state index in [-0.39, 0.29) is 11.1 Å². The molecule has 6 nitrogen and oxygen atoms in total. The van der Waals surface area contributed by atoms with Crippen molar-refractivity contribution in [1.82, 2.24) is 9.71 Å². The van der Waals surface area contributed by atoms with Crippen LogP contribution in [-0.4, -0.2) is 37.7 Å². The molecule has 9 heteroatoms. The second-order valence-corrected chi connectivity index (χ2v) is 9.13. The van der Waals surface area contributed by atoms with Crippen LogP contribution < -0.4 is 10.5 Å². The van der Waals surface area contributed by atoms with Gasteiger partial charge in [0.2, 0.25) is 10.0 Å². The van der Waals surface area contributed by atoms with Crippen molar-refractivity contribution in [1.29, 1.82) is 0 Å². The van der Waals surface area contributed by atoms with Crippen LogP contribution in [0.4, 0.5) is 5.69 Å². The van der Waals surface area contributed by atoms with Gasteiger partial charge in [0.1, 0.15) is 5.08 Å². The number of thioether (sulfide) groups is 1. The smallest absolute Gasteiger partial charge is 0.221 e. The van der Waals surface area contributed by atoms with Crippen LogP contribution >= 0.6 is 23.1 Å². The molecule has 114 valence electrons. The first-order valence-electron chi connectivity index (χ1n) is 6.38. The van der Waals surface area contributed by atoms with Crippen molar-refractivity contribution in [3.8, 4) is 0 Å². The molecule has 0 saturated carbocycles. The number of hydrogen-bond donors (Lipinski definition) is 2. The molecule has 0 radical (unpaired) electrons. The highest BCUT2D eigenvalue weighted by molar-refractivity contribution is 8.12. The molecule has 3 rings (SSSR count). The molecular formula is C12H15N3O3S3.